The lowest BCUT2D eigenvalue weighted by Crippen LogP contribution is -1.88. The van der Waals surface area contributed by atoms with Crippen molar-refractivity contribution in [2.75, 3.05) is 0 Å². The van der Waals surface area contributed by atoms with Crippen LogP contribution < -0.4 is 0 Å². The van der Waals surface area contributed by atoms with Crippen LogP contribution >= 0.6 is 0 Å². The highest BCUT2D eigenvalue weighted by molar-refractivity contribution is 5.72. The van der Waals surface area contributed by atoms with E-state index in [2.05, 4.69) is 0 Å². The number of hydrogen-bond acceptors (Lipinski definition) is 0. The molecular formula is C23H27F. The van der Waals surface area contributed by atoms with Gasteiger partial charge in [0, 0.05) is 5.56 Å². The first-order chi connectivity index (χ1) is 11.8. The average molecular weight is 322 g/mol. The van der Waals surface area contributed by atoms with E-state index in [-0.39, 0.29) is 5.82 Å². The second kappa shape index (κ2) is 10.4. The Bertz CT molecular complexity index is 730. The van der Waals surface area contributed by atoms with Gasteiger partial charge in [-0.25, -0.2) is 4.39 Å². The van der Waals surface area contributed by atoms with E-state index < -0.39 is 0 Å². The second-order valence-corrected chi connectivity index (χ2v) is 4.88. The number of aryl methyl sites for hydroxylation is 1. The second-order valence-electron chi connectivity index (χ2n) is 4.88. The van der Waals surface area contributed by atoms with Gasteiger partial charge in [0.25, 0.3) is 0 Å². The molecule has 0 radical (unpaired) electrons. The Hall–Kier alpha value is -2.41. The van der Waals surface area contributed by atoms with Crippen LogP contribution in [0.25, 0.3) is 22.3 Å². The molecule has 0 spiro atoms. The molecule has 0 aliphatic heterocycles. The van der Waals surface area contributed by atoms with E-state index in [1.807, 2.05) is 101 Å². The lowest BCUT2D eigenvalue weighted by molar-refractivity contribution is 0.632. The normalized spacial score (nSPS) is 9.25. The van der Waals surface area contributed by atoms with Crippen molar-refractivity contribution in [3.63, 3.8) is 0 Å². The van der Waals surface area contributed by atoms with Crippen LogP contribution in [-0.2, 0) is 0 Å². The fraction of sp³-hybridized carbons (Fsp3) is 0.217. The molecule has 0 heterocycles. The Balaban J connectivity index is 0.000000671. The van der Waals surface area contributed by atoms with Gasteiger partial charge in [-0.2, -0.15) is 0 Å². The third-order valence-electron chi connectivity index (χ3n) is 3.51. The quantitative estimate of drug-likeness (QED) is 0.457. The average Bonchev–Trinajstić information content (AvgIpc) is 2.66. The predicted molar refractivity (Wildman–Crippen MR) is 105 cm³/mol. The minimum atomic E-state index is -0.183. The molecule has 3 aromatic carbocycles. The topological polar surface area (TPSA) is 0 Å². The molecule has 0 aromatic heterocycles. The van der Waals surface area contributed by atoms with Crippen LogP contribution in [0.5, 0.6) is 0 Å². The van der Waals surface area contributed by atoms with Crippen LogP contribution in [0.4, 0.5) is 4.39 Å². The smallest absolute Gasteiger partial charge is 0.131 e. The zero-order valence-corrected chi connectivity index (χ0v) is 15.3. The molecule has 0 unspecified atom stereocenters. The highest BCUT2D eigenvalue weighted by Crippen LogP contribution is 2.29. The molecule has 1 heteroatoms. The van der Waals surface area contributed by atoms with Gasteiger partial charge in [-0.15, -0.1) is 0 Å². The van der Waals surface area contributed by atoms with E-state index in [9.17, 15) is 4.39 Å². The summed E-state index contributed by atoms with van der Waals surface area (Å²) in [5, 5.41) is 0. The lowest BCUT2D eigenvalue weighted by atomic mass is 9.97. The highest BCUT2D eigenvalue weighted by Gasteiger charge is 2.08. The summed E-state index contributed by atoms with van der Waals surface area (Å²) in [5.74, 6) is -0.183. The van der Waals surface area contributed by atoms with Crippen molar-refractivity contribution in [3.8, 4) is 22.3 Å². The molecule has 0 aliphatic carbocycles. The van der Waals surface area contributed by atoms with E-state index in [1.165, 1.54) is 0 Å². The van der Waals surface area contributed by atoms with Gasteiger partial charge in [-0.05, 0) is 35.2 Å². The summed E-state index contributed by atoms with van der Waals surface area (Å²) in [6.07, 6.45) is 0. The van der Waals surface area contributed by atoms with Crippen molar-refractivity contribution < 1.29 is 4.39 Å². The summed E-state index contributed by atoms with van der Waals surface area (Å²) in [7, 11) is 0. The van der Waals surface area contributed by atoms with Crippen molar-refractivity contribution in [1.82, 2.24) is 0 Å². The SMILES string of the molecule is CC.CC.Cc1ccccc1-c1ccc(-c2ccccc2)c(F)c1. The zero-order valence-electron chi connectivity index (χ0n) is 15.3. The third-order valence-corrected chi connectivity index (χ3v) is 3.51. The summed E-state index contributed by atoms with van der Waals surface area (Å²) in [6, 6.07) is 23.1. The fourth-order valence-electron chi connectivity index (χ4n) is 2.43. The molecule has 0 fully saturated rings. The molecule has 0 amide bonds. The van der Waals surface area contributed by atoms with Crippen LogP contribution in [0, 0.1) is 12.7 Å². The number of rotatable bonds is 2. The van der Waals surface area contributed by atoms with E-state index in [4.69, 9.17) is 0 Å². The number of benzene rings is 3. The van der Waals surface area contributed by atoms with Gasteiger partial charge < -0.3 is 0 Å². The maximum atomic E-state index is 14.4. The molecular weight excluding hydrogens is 295 g/mol. The molecule has 0 aliphatic rings. The molecule has 24 heavy (non-hydrogen) atoms. The molecule has 3 rings (SSSR count). The van der Waals surface area contributed by atoms with Crippen molar-refractivity contribution >= 4 is 0 Å². The van der Waals surface area contributed by atoms with Gasteiger partial charge in [-0.1, -0.05) is 94.4 Å². The number of hydrogen-bond donors (Lipinski definition) is 0. The van der Waals surface area contributed by atoms with Crippen LogP contribution in [0.3, 0.4) is 0 Å². The lowest BCUT2D eigenvalue weighted by Gasteiger charge is -2.09. The first-order valence-corrected chi connectivity index (χ1v) is 8.67. The van der Waals surface area contributed by atoms with Gasteiger partial charge in [-0.3, -0.25) is 0 Å². The minimum absolute atomic E-state index is 0.183. The van der Waals surface area contributed by atoms with Crippen LogP contribution in [0.15, 0.2) is 72.8 Å². The highest BCUT2D eigenvalue weighted by atomic mass is 19.1. The molecule has 126 valence electrons. The molecule has 0 saturated carbocycles. The summed E-state index contributed by atoms with van der Waals surface area (Å²) in [5.41, 5.74) is 4.69. The van der Waals surface area contributed by atoms with Crippen molar-refractivity contribution in [2.24, 2.45) is 0 Å². The maximum Gasteiger partial charge on any atom is 0.131 e. The van der Waals surface area contributed by atoms with Gasteiger partial charge in [0.2, 0.25) is 0 Å². The van der Waals surface area contributed by atoms with Crippen LogP contribution in [-0.4, -0.2) is 0 Å². The molecule has 0 atom stereocenters. The van der Waals surface area contributed by atoms with Crippen molar-refractivity contribution in [1.29, 1.82) is 0 Å². The van der Waals surface area contributed by atoms with Crippen LogP contribution in [0.2, 0.25) is 0 Å². The van der Waals surface area contributed by atoms with Crippen molar-refractivity contribution in [3.05, 3.63) is 84.2 Å². The van der Waals surface area contributed by atoms with Crippen molar-refractivity contribution in [2.45, 2.75) is 34.6 Å². The standard InChI is InChI=1S/C19H15F.2C2H6/c1-14-7-5-6-10-17(14)16-11-12-18(19(20)13-16)15-8-3-2-4-9-15;2*1-2/h2-13H,1H3;2*1-2H3. The van der Waals surface area contributed by atoms with Gasteiger partial charge in [0.15, 0.2) is 0 Å². The van der Waals surface area contributed by atoms with Gasteiger partial charge >= 0.3 is 0 Å². The summed E-state index contributed by atoms with van der Waals surface area (Å²) in [6.45, 7) is 10.0. The Morgan fingerprint density at radius 1 is 0.583 bits per heavy atom. The van der Waals surface area contributed by atoms with E-state index in [0.29, 0.717) is 5.56 Å². The first-order valence-electron chi connectivity index (χ1n) is 8.67. The summed E-state index contributed by atoms with van der Waals surface area (Å²) in [4.78, 5) is 0. The first kappa shape index (κ1) is 19.6. The molecule has 0 saturated heterocycles. The Labute approximate surface area is 146 Å². The van der Waals surface area contributed by atoms with Gasteiger partial charge in [0.1, 0.15) is 5.82 Å². The largest absolute Gasteiger partial charge is 0.206 e. The molecule has 0 nitrogen and oxygen atoms in total. The summed E-state index contributed by atoms with van der Waals surface area (Å²) >= 11 is 0. The Morgan fingerprint density at radius 3 is 1.75 bits per heavy atom. The van der Waals surface area contributed by atoms with E-state index in [0.717, 1.165) is 22.3 Å². The van der Waals surface area contributed by atoms with Gasteiger partial charge in [0.05, 0.1) is 0 Å². The molecule has 0 N–H and O–H groups in total. The number of halogens is 1. The molecule has 3 aromatic rings. The fourth-order valence-corrected chi connectivity index (χ4v) is 2.43. The monoisotopic (exact) mass is 322 g/mol. The minimum Gasteiger partial charge on any atom is -0.206 e. The Morgan fingerprint density at radius 2 is 1.17 bits per heavy atom. The third kappa shape index (κ3) is 4.79. The zero-order chi connectivity index (χ0) is 17.9. The summed E-state index contributed by atoms with van der Waals surface area (Å²) < 4.78 is 14.4. The van der Waals surface area contributed by atoms with Crippen LogP contribution in [0.1, 0.15) is 33.3 Å². The van der Waals surface area contributed by atoms with E-state index in [1.54, 1.807) is 6.07 Å². The maximum absolute atomic E-state index is 14.4. The molecule has 0 bridgehead atoms. The predicted octanol–water partition coefficient (Wildman–Crippen LogP) is 7.52. The Kier molecular flexibility index (Phi) is 8.49. The van der Waals surface area contributed by atoms with E-state index >= 15 is 0 Å².